The van der Waals surface area contributed by atoms with Crippen LogP contribution in [0.25, 0.3) is 0 Å². The molecule has 2 heterocycles. The molecule has 5 nitrogen and oxygen atoms in total. The van der Waals surface area contributed by atoms with Gasteiger partial charge in [-0.3, -0.25) is 4.79 Å². The molecule has 2 aliphatic heterocycles. The van der Waals surface area contributed by atoms with Gasteiger partial charge in [0.15, 0.2) is 0 Å². The molecule has 1 saturated carbocycles. The van der Waals surface area contributed by atoms with Crippen LogP contribution in [0, 0.1) is 0 Å². The maximum atomic E-state index is 12.4. The van der Waals surface area contributed by atoms with Crippen LogP contribution < -0.4 is 5.32 Å². The summed E-state index contributed by atoms with van der Waals surface area (Å²) in [5.74, 6) is 0.197. The number of ether oxygens (including phenoxy) is 2. The summed E-state index contributed by atoms with van der Waals surface area (Å²) in [5.41, 5.74) is 0. The SMILES string of the molecule is O=C(CNC1CC1)N(CC1CCCO1)CC1CCCO1. The third-order valence-corrected chi connectivity index (χ3v) is 4.37. The third-order valence-electron chi connectivity index (χ3n) is 4.37. The van der Waals surface area contributed by atoms with Crippen LogP contribution in [-0.4, -0.2) is 61.9 Å². The summed E-state index contributed by atoms with van der Waals surface area (Å²) in [6, 6.07) is 0.575. The number of amides is 1. The van der Waals surface area contributed by atoms with Crippen molar-refractivity contribution in [2.75, 3.05) is 32.8 Å². The van der Waals surface area contributed by atoms with Gasteiger partial charge < -0.3 is 19.7 Å². The van der Waals surface area contributed by atoms with Crippen LogP contribution in [0.4, 0.5) is 0 Å². The van der Waals surface area contributed by atoms with Gasteiger partial charge in [0.05, 0.1) is 18.8 Å². The molecule has 2 unspecified atom stereocenters. The molecule has 20 heavy (non-hydrogen) atoms. The second kappa shape index (κ2) is 6.87. The Balaban J connectivity index is 1.50. The van der Waals surface area contributed by atoms with E-state index in [1.54, 1.807) is 0 Å². The molecular weight excluding hydrogens is 256 g/mol. The zero-order valence-corrected chi connectivity index (χ0v) is 12.2. The maximum Gasteiger partial charge on any atom is 0.236 e. The molecule has 114 valence electrons. The van der Waals surface area contributed by atoms with Crippen molar-refractivity contribution in [2.24, 2.45) is 0 Å². The molecule has 2 atom stereocenters. The van der Waals surface area contributed by atoms with Crippen molar-refractivity contribution in [3.63, 3.8) is 0 Å². The number of rotatable bonds is 7. The van der Waals surface area contributed by atoms with E-state index in [2.05, 4.69) is 5.32 Å². The van der Waals surface area contributed by atoms with E-state index in [0.717, 1.165) is 52.0 Å². The molecule has 5 heteroatoms. The summed E-state index contributed by atoms with van der Waals surface area (Å²) in [5, 5.41) is 3.31. The van der Waals surface area contributed by atoms with Crippen LogP contribution >= 0.6 is 0 Å². The predicted molar refractivity (Wildman–Crippen MR) is 75.6 cm³/mol. The molecule has 0 spiro atoms. The van der Waals surface area contributed by atoms with Gasteiger partial charge >= 0.3 is 0 Å². The number of carbonyl (C=O) groups excluding carboxylic acids is 1. The Hall–Kier alpha value is -0.650. The average molecular weight is 282 g/mol. The first-order chi connectivity index (χ1) is 9.81. The number of nitrogens with zero attached hydrogens (tertiary/aromatic N) is 1. The van der Waals surface area contributed by atoms with Gasteiger partial charge in [-0.05, 0) is 38.5 Å². The van der Waals surface area contributed by atoms with Crippen LogP contribution in [0.1, 0.15) is 38.5 Å². The number of carbonyl (C=O) groups is 1. The smallest absolute Gasteiger partial charge is 0.236 e. The minimum absolute atomic E-state index is 0.197. The highest BCUT2D eigenvalue weighted by Crippen LogP contribution is 2.19. The standard InChI is InChI=1S/C15H26N2O3/c18-15(9-16-12-5-6-12)17(10-13-3-1-7-19-13)11-14-4-2-8-20-14/h12-14,16H,1-11H2. The van der Waals surface area contributed by atoms with Crippen molar-refractivity contribution >= 4 is 5.91 Å². The van der Waals surface area contributed by atoms with Gasteiger partial charge in [0, 0.05) is 32.3 Å². The van der Waals surface area contributed by atoms with E-state index in [9.17, 15) is 4.79 Å². The molecule has 1 amide bonds. The normalized spacial score (nSPS) is 29.8. The topological polar surface area (TPSA) is 50.8 Å². The van der Waals surface area contributed by atoms with Gasteiger partial charge in [-0.25, -0.2) is 0 Å². The molecule has 0 aromatic heterocycles. The summed E-state index contributed by atoms with van der Waals surface area (Å²) < 4.78 is 11.4. The van der Waals surface area contributed by atoms with Gasteiger partial charge in [-0.1, -0.05) is 0 Å². The maximum absolute atomic E-state index is 12.4. The highest BCUT2D eigenvalue weighted by Gasteiger charge is 2.28. The molecule has 0 bridgehead atoms. The van der Waals surface area contributed by atoms with E-state index in [1.807, 2.05) is 4.90 Å². The first-order valence-electron chi connectivity index (χ1n) is 8.05. The minimum Gasteiger partial charge on any atom is -0.376 e. The predicted octanol–water partition coefficient (Wildman–Crippen LogP) is 0.925. The summed E-state index contributed by atoms with van der Waals surface area (Å²) >= 11 is 0. The average Bonchev–Trinajstić information content (AvgIpc) is 2.91. The summed E-state index contributed by atoms with van der Waals surface area (Å²) in [6.07, 6.45) is 7.26. The fourth-order valence-electron chi connectivity index (χ4n) is 2.98. The zero-order chi connectivity index (χ0) is 13.8. The lowest BCUT2D eigenvalue weighted by Crippen LogP contribution is -2.45. The van der Waals surface area contributed by atoms with Crippen molar-refractivity contribution in [1.29, 1.82) is 0 Å². The monoisotopic (exact) mass is 282 g/mol. The van der Waals surface area contributed by atoms with Crippen LogP contribution in [0.3, 0.4) is 0 Å². The highest BCUT2D eigenvalue weighted by atomic mass is 16.5. The van der Waals surface area contributed by atoms with Crippen LogP contribution in [-0.2, 0) is 14.3 Å². The van der Waals surface area contributed by atoms with Crippen molar-refractivity contribution in [3.8, 4) is 0 Å². The van der Waals surface area contributed by atoms with Crippen LogP contribution in [0.15, 0.2) is 0 Å². The molecule has 0 aromatic carbocycles. The second-order valence-corrected chi connectivity index (χ2v) is 6.22. The molecule has 3 rings (SSSR count). The van der Waals surface area contributed by atoms with Crippen LogP contribution in [0.5, 0.6) is 0 Å². The van der Waals surface area contributed by atoms with Gasteiger partial charge in [0.2, 0.25) is 5.91 Å². The first-order valence-corrected chi connectivity index (χ1v) is 8.05. The van der Waals surface area contributed by atoms with E-state index in [-0.39, 0.29) is 18.1 Å². The van der Waals surface area contributed by atoms with Gasteiger partial charge in [0.25, 0.3) is 0 Å². The molecule has 0 radical (unpaired) electrons. The van der Waals surface area contributed by atoms with Crippen molar-refractivity contribution < 1.29 is 14.3 Å². The lowest BCUT2D eigenvalue weighted by molar-refractivity contribution is -0.133. The van der Waals surface area contributed by atoms with Crippen molar-refractivity contribution in [3.05, 3.63) is 0 Å². The fraction of sp³-hybridized carbons (Fsp3) is 0.933. The summed E-state index contributed by atoms with van der Waals surface area (Å²) in [4.78, 5) is 14.4. The van der Waals surface area contributed by atoms with Gasteiger partial charge in [-0.2, -0.15) is 0 Å². The van der Waals surface area contributed by atoms with Crippen LogP contribution in [0.2, 0.25) is 0 Å². The molecule has 3 aliphatic rings. The lowest BCUT2D eigenvalue weighted by atomic mass is 10.2. The third kappa shape index (κ3) is 4.17. The Morgan fingerprint density at radius 1 is 1.00 bits per heavy atom. The Morgan fingerprint density at radius 3 is 2.05 bits per heavy atom. The van der Waals surface area contributed by atoms with E-state index in [1.165, 1.54) is 12.8 Å². The Labute approximate surface area is 121 Å². The largest absolute Gasteiger partial charge is 0.376 e. The van der Waals surface area contributed by atoms with E-state index < -0.39 is 0 Å². The Bertz CT molecular complexity index is 303. The second-order valence-electron chi connectivity index (χ2n) is 6.22. The van der Waals surface area contributed by atoms with Gasteiger partial charge in [0.1, 0.15) is 0 Å². The molecule has 3 fully saturated rings. The van der Waals surface area contributed by atoms with E-state index in [4.69, 9.17) is 9.47 Å². The molecule has 0 aromatic rings. The molecular formula is C15H26N2O3. The van der Waals surface area contributed by atoms with Crippen molar-refractivity contribution in [2.45, 2.75) is 56.8 Å². The Morgan fingerprint density at radius 2 is 1.60 bits per heavy atom. The summed E-state index contributed by atoms with van der Waals surface area (Å²) in [7, 11) is 0. The molecule has 1 N–H and O–H groups in total. The molecule has 2 saturated heterocycles. The number of hydrogen-bond donors (Lipinski definition) is 1. The molecule has 1 aliphatic carbocycles. The minimum atomic E-state index is 0.197. The Kier molecular flexibility index (Phi) is 4.91. The number of hydrogen-bond acceptors (Lipinski definition) is 4. The quantitative estimate of drug-likeness (QED) is 0.754. The number of nitrogens with one attached hydrogen (secondary N) is 1. The first kappa shape index (κ1) is 14.3. The lowest BCUT2D eigenvalue weighted by Gasteiger charge is -2.28. The van der Waals surface area contributed by atoms with Gasteiger partial charge in [-0.15, -0.1) is 0 Å². The summed E-state index contributed by atoms with van der Waals surface area (Å²) in [6.45, 7) is 3.60. The van der Waals surface area contributed by atoms with E-state index in [0.29, 0.717) is 12.6 Å². The highest BCUT2D eigenvalue weighted by molar-refractivity contribution is 5.78. The van der Waals surface area contributed by atoms with Crippen molar-refractivity contribution in [1.82, 2.24) is 10.2 Å². The zero-order valence-electron chi connectivity index (χ0n) is 12.2. The fourth-order valence-corrected chi connectivity index (χ4v) is 2.98. The van der Waals surface area contributed by atoms with E-state index >= 15 is 0 Å².